The van der Waals surface area contributed by atoms with Crippen LogP contribution >= 0.6 is 0 Å². The molecule has 0 aromatic carbocycles. The summed E-state index contributed by atoms with van der Waals surface area (Å²) in [5, 5.41) is 14.2. The van der Waals surface area contributed by atoms with E-state index < -0.39 is 24.3 Å². The Labute approximate surface area is 215 Å². The van der Waals surface area contributed by atoms with Crippen LogP contribution in [0.3, 0.4) is 0 Å². The lowest BCUT2D eigenvalue weighted by Crippen LogP contribution is -2.53. The van der Waals surface area contributed by atoms with Gasteiger partial charge in [-0.2, -0.15) is 26.3 Å². The van der Waals surface area contributed by atoms with Crippen molar-refractivity contribution in [3.63, 3.8) is 0 Å². The standard InChI is InChI=1S/C20H29N3O.2C2HF3O2/c1-21-9-3-5-17(21)15-23-10-7-20(8-11-23)13-18(14-20)22(2)16-19-6-4-12-24-19;2*3-2(4,5)1(6)7/h3-6,9,12,18H,7-8,10-11,13-16H2,1-2H3;2*(H,6,7). The zero-order chi connectivity index (χ0) is 28.7. The van der Waals surface area contributed by atoms with E-state index in [0.29, 0.717) is 5.41 Å². The topological polar surface area (TPSA) is 99.2 Å². The Morgan fingerprint density at radius 1 is 1.03 bits per heavy atom. The average molecular weight is 556 g/mol. The lowest BCUT2D eigenvalue weighted by molar-refractivity contribution is -0.193. The molecule has 2 aromatic heterocycles. The van der Waals surface area contributed by atoms with Gasteiger partial charge in [-0.1, -0.05) is 0 Å². The van der Waals surface area contributed by atoms with E-state index in [1.165, 1.54) is 44.5 Å². The van der Waals surface area contributed by atoms with Gasteiger partial charge in [-0.05, 0) is 75.5 Å². The highest BCUT2D eigenvalue weighted by Crippen LogP contribution is 2.51. The van der Waals surface area contributed by atoms with Gasteiger partial charge in [0.2, 0.25) is 0 Å². The quantitative estimate of drug-likeness (QED) is 0.514. The summed E-state index contributed by atoms with van der Waals surface area (Å²) < 4.78 is 71.2. The van der Waals surface area contributed by atoms with Crippen LogP contribution in [0.4, 0.5) is 26.3 Å². The maximum Gasteiger partial charge on any atom is 0.490 e. The molecule has 2 fully saturated rings. The van der Waals surface area contributed by atoms with Gasteiger partial charge in [0.25, 0.3) is 0 Å². The zero-order valence-corrected chi connectivity index (χ0v) is 20.9. The Kier molecular flexibility index (Phi) is 10.4. The molecule has 214 valence electrons. The number of rotatable bonds is 5. The fourth-order valence-corrected chi connectivity index (χ4v) is 4.51. The number of piperidine rings is 1. The molecule has 14 heteroatoms. The van der Waals surface area contributed by atoms with Crippen LogP contribution < -0.4 is 0 Å². The van der Waals surface area contributed by atoms with Gasteiger partial charge in [0, 0.05) is 31.5 Å². The lowest BCUT2D eigenvalue weighted by atomic mass is 9.60. The number of carboxylic acids is 2. The van der Waals surface area contributed by atoms with Crippen molar-refractivity contribution < 1.29 is 50.6 Å². The second kappa shape index (κ2) is 12.7. The van der Waals surface area contributed by atoms with Gasteiger partial charge in [-0.15, -0.1) is 0 Å². The van der Waals surface area contributed by atoms with Crippen molar-refractivity contribution in [1.29, 1.82) is 0 Å². The predicted molar refractivity (Wildman–Crippen MR) is 123 cm³/mol. The molecule has 0 atom stereocenters. The lowest BCUT2D eigenvalue weighted by Gasteiger charge is -2.54. The van der Waals surface area contributed by atoms with Gasteiger partial charge in [0.15, 0.2) is 0 Å². The number of aliphatic carboxylic acids is 2. The molecule has 1 spiro atoms. The van der Waals surface area contributed by atoms with Gasteiger partial charge in [0.1, 0.15) is 5.76 Å². The summed E-state index contributed by atoms with van der Waals surface area (Å²) in [5.74, 6) is -4.43. The van der Waals surface area contributed by atoms with Crippen molar-refractivity contribution in [3.8, 4) is 0 Å². The van der Waals surface area contributed by atoms with Gasteiger partial charge in [-0.3, -0.25) is 9.80 Å². The van der Waals surface area contributed by atoms with E-state index in [1.54, 1.807) is 6.26 Å². The second-order valence-corrected chi connectivity index (χ2v) is 9.55. The summed E-state index contributed by atoms with van der Waals surface area (Å²) in [5.41, 5.74) is 2.04. The first-order valence-corrected chi connectivity index (χ1v) is 11.7. The average Bonchev–Trinajstić information content (AvgIpc) is 3.44. The van der Waals surface area contributed by atoms with Crippen molar-refractivity contribution in [1.82, 2.24) is 14.4 Å². The first-order valence-electron chi connectivity index (χ1n) is 11.7. The molecule has 8 nitrogen and oxygen atoms in total. The van der Waals surface area contributed by atoms with E-state index in [0.717, 1.165) is 24.9 Å². The third kappa shape index (κ3) is 9.39. The third-order valence-corrected chi connectivity index (χ3v) is 6.78. The van der Waals surface area contributed by atoms with Crippen molar-refractivity contribution in [2.75, 3.05) is 20.1 Å². The third-order valence-electron chi connectivity index (χ3n) is 6.78. The molecule has 2 aliphatic rings. The van der Waals surface area contributed by atoms with Crippen molar-refractivity contribution in [3.05, 3.63) is 48.2 Å². The minimum Gasteiger partial charge on any atom is -0.475 e. The molecule has 0 amide bonds. The minimum absolute atomic E-state index is 0.618. The van der Waals surface area contributed by atoms with E-state index in [9.17, 15) is 26.3 Å². The molecule has 2 N–H and O–H groups in total. The molecule has 0 bridgehead atoms. The number of alkyl halides is 6. The summed E-state index contributed by atoms with van der Waals surface area (Å²) in [4.78, 5) is 22.9. The number of carboxylic acid groups (broad SMARTS) is 2. The van der Waals surface area contributed by atoms with Gasteiger partial charge < -0.3 is 19.2 Å². The number of aryl methyl sites for hydroxylation is 1. The van der Waals surface area contributed by atoms with E-state index in [4.69, 9.17) is 24.2 Å². The molecule has 1 aliphatic carbocycles. The fourth-order valence-electron chi connectivity index (χ4n) is 4.51. The highest BCUT2D eigenvalue weighted by atomic mass is 19.4. The first kappa shape index (κ1) is 31.2. The van der Waals surface area contributed by atoms with Crippen molar-refractivity contribution in [2.24, 2.45) is 12.5 Å². The van der Waals surface area contributed by atoms with Gasteiger partial charge in [0.05, 0.1) is 12.8 Å². The number of furan rings is 1. The van der Waals surface area contributed by atoms with E-state index >= 15 is 0 Å². The van der Waals surface area contributed by atoms with Crippen molar-refractivity contribution in [2.45, 2.75) is 57.2 Å². The summed E-state index contributed by atoms with van der Waals surface area (Å²) in [6.07, 6.45) is -0.796. The molecular weight excluding hydrogens is 524 g/mol. The molecule has 38 heavy (non-hydrogen) atoms. The van der Waals surface area contributed by atoms with Crippen molar-refractivity contribution >= 4 is 11.9 Å². The Morgan fingerprint density at radius 2 is 1.55 bits per heavy atom. The van der Waals surface area contributed by atoms with Crippen LogP contribution in [0.5, 0.6) is 0 Å². The Hall–Kier alpha value is -3.00. The molecule has 4 rings (SSSR count). The SMILES string of the molecule is CN(Cc1ccco1)C1CC2(CCN(Cc3cccn3C)CC2)C1.O=C(O)C(F)(F)F.O=C(O)C(F)(F)F. The monoisotopic (exact) mass is 555 g/mol. The largest absolute Gasteiger partial charge is 0.490 e. The number of hydrogen-bond donors (Lipinski definition) is 2. The maximum atomic E-state index is 10.6. The molecule has 0 unspecified atom stereocenters. The molecule has 3 heterocycles. The van der Waals surface area contributed by atoms with Gasteiger partial charge in [-0.25, -0.2) is 9.59 Å². The highest BCUT2D eigenvalue weighted by molar-refractivity contribution is 5.73. The second-order valence-electron chi connectivity index (χ2n) is 9.55. The normalized spacial score (nSPS) is 17.7. The van der Waals surface area contributed by atoms with E-state index in [-0.39, 0.29) is 0 Å². The zero-order valence-electron chi connectivity index (χ0n) is 20.9. The molecule has 1 saturated heterocycles. The van der Waals surface area contributed by atoms with Crippen LogP contribution in [0.15, 0.2) is 41.1 Å². The maximum absolute atomic E-state index is 10.6. The molecule has 1 saturated carbocycles. The minimum atomic E-state index is -5.08. The number of halogens is 6. The fraction of sp³-hybridized carbons (Fsp3) is 0.583. The number of carbonyl (C=O) groups is 2. The number of aromatic nitrogens is 1. The Morgan fingerprint density at radius 3 is 1.95 bits per heavy atom. The summed E-state index contributed by atoms with van der Waals surface area (Å²) in [7, 11) is 4.39. The summed E-state index contributed by atoms with van der Waals surface area (Å²) >= 11 is 0. The van der Waals surface area contributed by atoms with Crippen LogP contribution in [0.2, 0.25) is 0 Å². The van der Waals surface area contributed by atoms with Crippen LogP contribution in [0.25, 0.3) is 0 Å². The molecule has 1 aliphatic heterocycles. The highest BCUT2D eigenvalue weighted by Gasteiger charge is 2.47. The van der Waals surface area contributed by atoms with E-state index in [1.807, 2.05) is 6.07 Å². The van der Waals surface area contributed by atoms with Crippen LogP contribution in [-0.4, -0.2) is 75.1 Å². The molecular formula is C24H31F6N3O5. The number of likely N-dealkylation sites (tertiary alicyclic amines) is 1. The van der Waals surface area contributed by atoms with E-state index in [2.05, 4.69) is 52.9 Å². The first-order chi connectivity index (χ1) is 17.5. The number of nitrogens with zero attached hydrogens (tertiary/aromatic N) is 3. The van der Waals surface area contributed by atoms with Gasteiger partial charge >= 0.3 is 24.3 Å². The smallest absolute Gasteiger partial charge is 0.475 e. The summed E-state index contributed by atoms with van der Waals surface area (Å²) in [6.45, 7) is 4.54. The summed E-state index contributed by atoms with van der Waals surface area (Å²) in [6, 6.07) is 9.18. The molecule has 2 aromatic rings. The van der Waals surface area contributed by atoms with Crippen LogP contribution in [0, 0.1) is 5.41 Å². The van der Waals surface area contributed by atoms with Crippen LogP contribution in [0.1, 0.15) is 37.1 Å². The number of hydrogen-bond acceptors (Lipinski definition) is 5. The Bertz CT molecular complexity index is 995. The predicted octanol–water partition coefficient (Wildman–Crippen LogP) is 4.76. The van der Waals surface area contributed by atoms with Crippen LogP contribution in [-0.2, 0) is 29.7 Å². The molecule has 0 radical (unpaired) electrons. The Balaban J connectivity index is 0.000000301.